The number of rotatable bonds is 11. The number of carbonyl (C=O) groups is 6. The van der Waals surface area contributed by atoms with Crippen LogP contribution in [-0.4, -0.2) is 74.4 Å². The van der Waals surface area contributed by atoms with E-state index in [2.05, 4.69) is 0 Å². The second-order valence-corrected chi connectivity index (χ2v) is 9.12. The molecule has 1 heterocycles. The zero-order valence-corrected chi connectivity index (χ0v) is 19.7. The van der Waals surface area contributed by atoms with Crippen molar-refractivity contribution in [3.05, 3.63) is 35.4 Å². The summed E-state index contributed by atoms with van der Waals surface area (Å²) in [7, 11) is 0. The summed E-state index contributed by atoms with van der Waals surface area (Å²) in [6.07, 6.45) is 3.08. The summed E-state index contributed by atoms with van der Waals surface area (Å²) in [6, 6.07) is 5.63. The number of hydrogen-bond donors (Lipinski definition) is 5. The van der Waals surface area contributed by atoms with Crippen LogP contribution in [-0.2, 0) is 19.2 Å². The van der Waals surface area contributed by atoms with Crippen LogP contribution in [0.25, 0.3) is 0 Å². The van der Waals surface area contributed by atoms with Crippen molar-refractivity contribution >= 4 is 36.0 Å². The van der Waals surface area contributed by atoms with Gasteiger partial charge < -0.3 is 31.6 Å². The Balaban J connectivity index is 0.000000319. The average molecular weight is 506 g/mol. The quantitative estimate of drug-likeness (QED) is 0.160. The number of benzene rings is 1. The lowest BCUT2D eigenvalue weighted by atomic mass is 9.96. The van der Waals surface area contributed by atoms with E-state index >= 15 is 0 Å². The van der Waals surface area contributed by atoms with Gasteiger partial charge in [0.25, 0.3) is 11.8 Å². The van der Waals surface area contributed by atoms with Gasteiger partial charge in [0.1, 0.15) is 17.9 Å². The molecule has 1 fully saturated rings. The van der Waals surface area contributed by atoms with Crippen molar-refractivity contribution in [3.63, 3.8) is 0 Å². The number of imide groups is 1. The minimum Gasteiger partial charge on any atom is -0.481 e. The van der Waals surface area contributed by atoms with Crippen molar-refractivity contribution in [2.45, 2.75) is 56.5 Å². The molecule has 7 N–H and O–H groups in total. The number of carboxylic acid groups (broad SMARTS) is 3. The van der Waals surface area contributed by atoms with E-state index in [-0.39, 0.29) is 37.6 Å². The molecule has 1 aromatic carbocycles. The fourth-order valence-corrected chi connectivity index (χ4v) is 4.27. The molecule has 12 heteroatoms. The molecule has 0 aromatic heterocycles. The number of nitrogens with two attached hydrogens (primary N) is 2. The highest BCUT2D eigenvalue weighted by atomic mass is 16.4. The molecule has 1 aliphatic heterocycles. The van der Waals surface area contributed by atoms with Crippen molar-refractivity contribution in [1.82, 2.24) is 4.90 Å². The summed E-state index contributed by atoms with van der Waals surface area (Å²) < 4.78 is 0. The molecule has 2 aliphatic rings. The molecule has 0 spiro atoms. The van der Waals surface area contributed by atoms with Crippen molar-refractivity contribution < 1.29 is 44.1 Å². The largest absolute Gasteiger partial charge is 0.481 e. The van der Waals surface area contributed by atoms with Crippen LogP contribution in [0, 0.1) is 11.8 Å². The van der Waals surface area contributed by atoms with Crippen molar-refractivity contribution in [1.29, 1.82) is 0 Å². The third kappa shape index (κ3) is 6.95. The summed E-state index contributed by atoms with van der Waals surface area (Å²) in [4.78, 5) is 68.3. The number of nitrogens with zero attached hydrogens (tertiary/aromatic N) is 1. The van der Waals surface area contributed by atoms with E-state index in [1.807, 2.05) is 0 Å². The number of fused-ring (bicyclic) bond motifs is 1. The molecule has 196 valence electrons. The molecule has 36 heavy (non-hydrogen) atoms. The van der Waals surface area contributed by atoms with E-state index in [0.717, 1.165) is 0 Å². The highest BCUT2D eigenvalue weighted by Crippen LogP contribution is 2.32. The number of hydrogen-bond acceptors (Lipinski definition) is 8. The van der Waals surface area contributed by atoms with Crippen LogP contribution >= 0.6 is 0 Å². The van der Waals surface area contributed by atoms with Gasteiger partial charge in [-0.05, 0) is 50.7 Å². The smallest absolute Gasteiger partial charge is 0.323 e. The van der Waals surface area contributed by atoms with Crippen LogP contribution in [0.15, 0.2) is 24.3 Å². The van der Waals surface area contributed by atoms with Gasteiger partial charge in [0, 0.05) is 12.5 Å². The highest BCUT2D eigenvalue weighted by molar-refractivity contribution is 6.21. The summed E-state index contributed by atoms with van der Waals surface area (Å²) >= 11 is 0. The van der Waals surface area contributed by atoms with Gasteiger partial charge in [-0.3, -0.25) is 28.9 Å². The second-order valence-electron chi connectivity index (χ2n) is 9.12. The van der Waals surface area contributed by atoms with Crippen LogP contribution in [0.4, 0.5) is 0 Å². The van der Waals surface area contributed by atoms with E-state index in [4.69, 9.17) is 26.8 Å². The first-order chi connectivity index (χ1) is 16.9. The van der Waals surface area contributed by atoms with Gasteiger partial charge in [-0.15, -0.1) is 0 Å². The Morgan fingerprint density at radius 1 is 1.08 bits per heavy atom. The van der Waals surface area contributed by atoms with Crippen LogP contribution in [0.3, 0.4) is 0 Å². The lowest BCUT2D eigenvalue weighted by Gasteiger charge is -2.16. The van der Waals surface area contributed by atoms with E-state index in [1.54, 1.807) is 24.3 Å². The molecule has 0 radical (unpaired) electrons. The lowest BCUT2D eigenvalue weighted by molar-refractivity contribution is -0.144. The van der Waals surface area contributed by atoms with E-state index in [9.17, 15) is 28.8 Å². The highest BCUT2D eigenvalue weighted by Gasteiger charge is 2.44. The Morgan fingerprint density at radius 2 is 1.67 bits per heavy atom. The number of aliphatic carboxylic acids is 3. The number of amides is 2. The molecule has 1 aliphatic carbocycles. The summed E-state index contributed by atoms with van der Waals surface area (Å²) in [5.74, 6) is -4.81. The standard InChI is InChI=1S/C17H20N2O5.C7H11NO4/c18-14(17(23)24)9-11(10-20)5-3-4-8-19-15(21)12-6-1-2-7-13(12)16(19)22;8-7(6(11)12)2-1-4(3-7)5(9)10/h1-2,6-7,10-11,14H,3-5,8-9,18H2,(H,23,24);4H,1-3,8H2,(H,9,10)(H,11,12)/t11?,14-;4-,7+/m01/s1. The van der Waals surface area contributed by atoms with Gasteiger partial charge in [-0.1, -0.05) is 18.6 Å². The maximum atomic E-state index is 12.2. The van der Waals surface area contributed by atoms with Gasteiger partial charge in [0.2, 0.25) is 0 Å². The van der Waals surface area contributed by atoms with Gasteiger partial charge >= 0.3 is 17.9 Å². The lowest BCUT2D eigenvalue weighted by Crippen LogP contribution is -2.45. The Bertz CT molecular complexity index is 993. The Labute approximate surface area is 207 Å². The molecular formula is C24H31N3O9. The van der Waals surface area contributed by atoms with Gasteiger partial charge in [0.15, 0.2) is 0 Å². The Morgan fingerprint density at radius 3 is 2.08 bits per heavy atom. The second kappa shape index (κ2) is 12.4. The monoisotopic (exact) mass is 505 g/mol. The summed E-state index contributed by atoms with van der Waals surface area (Å²) in [5, 5.41) is 26.0. The fraction of sp³-hybridized carbons (Fsp3) is 0.500. The normalized spacial score (nSPS) is 22.3. The molecule has 4 atom stereocenters. The maximum absolute atomic E-state index is 12.2. The summed E-state index contributed by atoms with van der Waals surface area (Å²) in [6.45, 7) is 0.281. The predicted molar refractivity (Wildman–Crippen MR) is 125 cm³/mol. The van der Waals surface area contributed by atoms with Crippen LogP contribution < -0.4 is 11.5 Å². The minimum atomic E-state index is -1.32. The molecule has 2 amide bonds. The van der Waals surface area contributed by atoms with Crippen LogP contribution in [0.1, 0.15) is 65.7 Å². The SMILES string of the molecule is N[C@@H](CC(C=O)CCCCN1C(=O)c2ccccc2C1=O)C(=O)O.N[C@@]1(C(=O)O)CC[C@@H](C(=O)O)C1. The molecule has 0 saturated heterocycles. The molecular weight excluding hydrogens is 474 g/mol. The fourth-order valence-electron chi connectivity index (χ4n) is 4.27. The third-order valence-electron chi connectivity index (χ3n) is 6.48. The summed E-state index contributed by atoms with van der Waals surface area (Å²) in [5.41, 5.74) is 10.4. The third-order valence-corrected chi connectivity index (χ3v) is 6.48. The van der Waals surface area contributed by atoms with Gasteiger partial charge in [-0.2, -0.15) is 0 Å². The van der Waals surface area contributed by atoms with E-state index in [0.29, 0.717) is 43.1 Å². The number of carbonyl (C=O) groups excluding carboxylic acids is 3. The number of unbranched alkanes of at least 4 members (excludes halogenated alkanes) is 1. The number of aldehydes is 1. The van der Waals surface area contributed by atoms with Crippen molar-refractivity contribution in [3.8, 4) is 0 Å². The Kier molecular flexibility index (Phi) is 9.82. The first kappa shape index (κ1) is 28.6. The zero-order chi connectivity index (χ0) is 27.0. The predicted octanol–water partition coefficient (Wildman–Crippen LogP) is 0.723. The van der Waals surface area contributed by atoms with Gasteiger partial charge in [-0.25, -0.2) is 0 Å². The molecule has 0 bridgehead atoms. The topological polar surface area (TPSA) is 218 Å². The maximum Gasteiger partial charge on any atom is 0.323 e. The van der Waals surface area contributed by atoms with Gasteiger partial charge in [0.05, 0.1) is 17.0 Å². The average Bonchev–Trinajstić information content (AvgIpc) is 3.36. The zero-order valence-electron chi connectivity index (χ0n) is 19.7. The first-order valence-corrected chi connectivity index (χ1v) is 11.5. The Hall–Kier alpha value is -3.64. The molecule has 12 nitrogen and oxygen atoms in total. The minimum absolute atomic E-state index is 0.0394. The van der Waals surface area contributed by atoms with Crippen molar-refractivity contribution in [2.75, 3.05) is 6.54 Å². The number of carboxylic acids is 3. The van der Waals surface area contributed by atoms with E-state index in [1.165, 1.54) is 4.90 Å². The van der Waals surface area contributed by atoms with Crippen molar-refractivity contribution in [2.24, 2.45) is 23.3 Å². The molecule has 1 saturated carbocycles. The first-order valence-electron chi connectivity index (χ1n) is 11.5. The molecule has 1 aromatic rings. The van der Waals surface area contributed by atoms with Crippen LogP contribution in [0.2, 0.25) is 0 Å². The van der Waals surface area contributed by atoms with Crippen LogP contribution in [0.5, 0.6) is 0 Å². The molecule has 3 rings (SSSR count). The van der Waals surface area contributed by atoms with E-state index < -0.39 is 41.3 Å². The molecule has 1 unspecified atom stereocenters.